The highest BCUT2D eigenvalue weighted by Crippen LogP contribution is 2.33. The Bertz CT molecular complexity index is 884. The summed E-state index contributed by atoms with van der Waals surface area (Å²) in [5, 5.41) is 0. The highest BCUT2D eigenvalue weighted by atomic mass is 16.6. The van der Waals surface area contributed by atoms with Crippen LogP contribution in [0.4, 0.5) is 4.79 Å². The van der Waals surface area contributed by atoms with Gasteiger partial charge >= 0.3 is 6.09 Å². The summed E-state index contributed by atoms with van der Waals surface area (Å²) in [6, 6.07) is 12.0. The van der Waals surface area contributed by atoms with Crippen molar-refractivity contribution in [1.29, 1.82) is 0 Å². The molecule has 2 aliphatic rings. The number of cyclic esters (lactones) is 1. The van der Waals surface area contributed by atoms with Gasteiger partial charge in [-0.2, -0.15) is 0 Å². The van der Waals surface area contributed by atoms with E-state index in [1.165, 1.54) is 0 Å². The Kier molecular flexibility index (Phi) is 4.44. The van der Waals surface area contributed by atoms with Crippen LogP contribution in [-0.4, -0.2) is 58.1 Å². The zero-order valence-corrected chi connectivity index (χ0v) is 16.7. The second-order valence-corrected chi connectivity index (χ2v) is 8.80. The van der Waals surface area contributed by atoms with E-state index in [0.29, 0.717) is 38.2 Å². The first-order valence-corrected chi connectivity index (χ1v) is 9.75. The predicted molar refractivity (Wildman–Crippen MR) is 106 cm³/mol. The molecule has 0 N–H and O–H groups in total. The molecule has 28 heavy (non-hydrogen) atoms. The van der Waals surface area contributed by atoms with E-state index in [-0.39, 0.29) is 17.5 Å². The normalized spacial score (nSPS) is 22.2. The molecule has 0 aliphatic carbocycles. The lowest BCUT2D eigenvalue weighted by Gasteiger charge is -2.44. The Balaban J connectivity index is 1.58. The molecular weight excluding hydrogens is 354 g/mol. The average Bonchev–Trinajstić information content (AvgIpc) is 3.27. The number of fused-ring (bicyclic) bond motifs is 1. The van der Waals surface area contributed by atoms with Crippen molar-refractivity contribution in [2.24, 2.45) is 0 Å². The minimum Gasteiger partial charge on any atom is -0.447 e. The molecule has 1 unspecified atom stereocenters. The molecule has 1 atom stereocenters. The number of ether oxygens (including phenoxy) is 1. The van der Waals surface area contributed by atoms with Gasteiger partial charge in [-0.25, -0.2) is 4.79 Å². The smallest absolute Gasteiger partial charge is 0.410 e. The number of piperazine rings is 1. The molecule has 2 amide bonds. The number of benzene rings is 1. The SMILES string of the molecule is CC(C)(C)n1ccc(C(=O)N2CCN3C(=O)OCC3(Cc3ccccc3)C2)c1. The fraction of sp³-hybridized carbons (Fsp3) is 0.455. The van der Waals surface area contributed by atoms with Crippen molar-refractivity contribution in [1.82, 2.24) is 14.4 Å². The molecule has 4 rings (SSSR count). The van der Waals surface area contributed by atoms with Crippen LogP contribution in [-0.2, 0) is 16.7 Å². The van der Waals surface area contributed by atoms with Crippen molar-refractivity contribution < 1.29 is 14.3 Å². The number of nitrogens with zero attached hydrogens (tertiary/aromatic N) is 3. The minimum atomic E-state index is -0.501. The van der Waals surface area contributed by atoms with E-state index in [4.69, 9.17) is 4.74 Å². The van der Waals surface area contributed by atoms with Crippen LogP contribution >= 0.6 is 0 Å². The van der Waals surface area contributed by atoms with Gasteiger partial charge in [-0.05, 0) is 32.4 Å². The van der Waals surface area contributed by atoms with Gasteiger partial charge in [0.05, 0.1) is 5.56 Å². The third-order valence-corrected chi connectivity index (χ3v) is 5.71. The van der Waals surface area contributed by atoms with Crippen LogP contribution in [0.2, 0.25) is 0 Å². The van der Waals surface area contributed by atoms with Gasteiger partial charge in [0.25, 0.3) is 5.91 Å². The standard InChI is InChI=1S/C22H27N3O3/c1-21(2,3)24-10-9-18(14-24)19(26)23-11-12-25-20(27)28-16-22(25,15-23)13-17-7-5-4-6-8-17/h4-10,14H,11-13,15-16H2,1-3H3. The topological polar surface area (TPSA) is 54.8 Å². The first-order valence-electron chi connectivity index (χ1n) is 9.75. The van der Waals surface area contributed by atoms with E-state index in [1.54, 1.807) is 0 Å². The van der Waals surface area contributed by atoms with Crippen LogP contribution in [0.1, 0.15) is 36.7 Å². The van der Waals surface area contributed by atoms with Crippen LogP contribution in [0.25, 0.3) is 0 Å². The molecule has 0 saturated carbocycles. The van der Waals surface area contributed by atoms with E-state index in [9.17, 15) is 9.59 Å². The molecule has 6 heteroatoms. The quantitative estimate of drug-likeness (QED) is 0.821. The maximum atomic E-state index is 13.2. The highest BCUT2D eigenvalue weighted by Gasteiger charge is 2.51. The first kappa shape index (κ1) is 18.6. The van der Waals surface area contributed by atoms with Gasteiger partial charge < -0.3 is 14.2 Å². The lowest BCUT2D eigenvalue weighted by atomic mass is 9.88. The fourth-order valence-corrected chi connectivity index (χ4v) is 4.13. The molecule has 0 bridgehead atoms. The van der Waals surface area contributed by atoms with Crippen LogP contribution in [0, 0.1) is 0 Å². The minimum absolute atomic E-state index is 0.00874. The van der Waals surface area contributed by atoms with Crippen molar-refractivity contribution in [2.75, 3.05) is 26.2 Å². The van der Waals surface area contributed by atoms with Crippen molar-refractivity contribution in [2.45, 2.75) is 38.3 Å². The van der Waals surface area contributed by atoms with Crippen LogP contribution < -0.4 is 0 Å². The zero-order valence-electron chi connectivity index (χ0n) is 16.7. The van der Waals surface area contributed by atoms with E-state index < -0.39 is 5.54 Å². The molecule has 6 nitrogen and oxygen atoms in total. The predicted octanol–water partition coefficient (Wildman–Crippen LogP) is 3.13. The maximum Gasteiger partial charge on any atom is 0.410 e. The van der Waals surface area contributed by atoms with Gasteiger partial charge in [0, 0.05) is 44.0 Å². The van der Waals surface area contributed by atoms with Crippen LogP contribution in [0.3, 0.4) is 0 Å². The molecule has 0 radical (unpaired) electrons. The Morgan fingerprint density at radius 3 is 2.57 bits per heavy atom. The Hall–Kier alpha value is -2.76. The summed E-state index contributed by atoms with van der Waals surface area (Å²) in [6.07, 6.45) is 4.26. The molecule has 148 valence electrons. The molecule has 2 aromatic rings. The Labute approximate surface area is 165 Å². The highest BCUT2D eigenvalue weighted by molar-refractivity contribution is 5.94. The monoisotopic (exact) mass is 381 g/mol. The van der Waals surface area contributed by atoms with Gasteiger partial charge in [0.2, 0.25) is 0 Å². The number of carbonyl (C=O) groups is 2. The lowest BCUT2D eigenvalue weighted by Crippen LogP contribution is -2.63. The largest absolute Gasteiger partial charge is 0.447 e. The van der Waals surface area contributed by atoms with E-state index in [2.05, 4.69) is 37.5 Å². The molecule has 2 fully saturated rings. The fourth-order valence-electron chi connectivity index (χ4n) is 4.13. The summed E-state index contributed by atoms with van der Waals surface area (Å²) < 4.78 is 7.46. The molecule has 1 aromatic carbocycles. The van der Waals surface area contributed by atoms with Crippen molar-refractivity contribution in [3.05, 3.63) is 59.9 Å². The Morgan fingerprint density at radius 2 is 1.89 bits per heavy atom. The van der Waals surface area contributed by atoms with E-state index in [1.807, 2.05) is 46.5 Å². The van der Waals surface area contributed by atoms with Gasteiger partial charge in [-0.3, -0.25) is 9.69 Å². The molecule has 3 heterocycles. The Morgan fingerprint density at radius 1 is 1.14 bits per heavy atom. The molecule has 2 saturated heterocycles. The number of carbonyl (C=O) groups excluding carboxylic acids is 2. The summed E-state index contributed by atoms with van der Waals surface area (Å²) in [7, 11) is 0. The van der Waals surface area contributed by atoms with Gasteiger partial charge in [0.15, 0.2) is 0 Å². The zero-order chi connectivity index (χ0) is 19.9. The van der Waals surface area contributed by atoms with Gasteiger partial charge in [0.1, 0.15) is 12.1 Å². The van der Waals surface area contributed by atoms with Gasteiger partial charge in [-0.1, -0.05) is 30.3 Å². The molecular formula is C22H27N3O3. The molecule has 0 spiro atoms. The summed E-state index contributed by atoms with van der Waals surface area (Å²) in [5.74, 6) is 0.00874. The number of rotatable bonds is 3. The van der Waals surface area contributed by atoms with Crippen molar-refractivity contribution >= 4 is 12.0 Å². The second-order valence-electron chi connectivity index (χ2n) is 8.80. The van der Waals surface area contributed by atoms with E-state index >= 15 is 0 Å². The molecule has 1 aromatic heterocycles. The van der Waals surface area contributed by atoms with E-state index in [0.717, 1.165) is 5.56 Å². The number of amides is 2. The summed E-state index contributed by atoms with van der Waals surface area (Å²) in [6.45, 7) is 8.13. The first-order chi connectivity index (χ1) is 13.3. The number of hydrogen-bond donors (Lipinski definition) is 0. The van der Waals surface area contributed by atoms with Crippen molar-refractivity contribution in [3.8, 4) is 0 Å². The summed E-state index contributed by atoms with van der Waals surface area (Å²) in [5.41, 5.74) is 1.25. The van der Waals surface area contributed by atoms with Gasteiger partial charge in [-0.15, -0.1) is 0 Å². The lowest BCUT2D eigenvalue weighted by molar-refractivity contribution is 0.0375. The van der Waals surface area contributed by atoms with Crippen molar-refractivity contribution in [3.63, 3.8) is 0 Å². The molecule has 2 aliphatic heterocycles. The number of aromatic nitrogens is 1. The third-order valence-electron chi connectivity index (χ3n) is 5.71. The summed E-state index contributed by atoms with van der Waals surface area (Å²) >= 11 is 0. The average molecular weight is 381 g/mol. The second kappa shape index (κ2) is 6.69. The summed E-state index contributed by atoms with van der Waals surface area (Å²) in [4.78, 5) is 29.1. The number of hydrogen-bond acceptors (Lipinski definition) is 3. The third kappa shape index (κ3) is 3.28. The maximum absolute atomic E-state index is 13.2. The van der Waals surface area contributed by atoms with Crippen LogP contribution in [0.15, 0.2) is 48.8 Å². The van der Waals surface area contributed by atoms with Crippen LogP contribution in [0.5, 0.6) is 0 Å².